The van der Waals surface area contributed by atoms with Crippen molar-refractivity contribution in [3.05, 3.63) is 34.9 Å². The molecular weight excluding hydrogens is 238 g/mol. The topological polar surface area (TPSA) is 38.3 Å². The van der Waals surface area contributed by atoms with Gasteiger partial charge in [-0.2, -0.15) is 0 Å². The molecule has 0 spiro atoms. The van der Waals surface area contributed by atoms with E-state index in [9.17, 15) is 4.79 Å². The molecule has 0 heterocycles. The monoisotopic (exact) mass is 253 g/mol. The van der Waals surface area contributed by atoms with Gasteiger partial charge in [-0.25, -0.2) is 0 Å². The van der Waals surface area contributed by atoms with Crippen LogP contribution in [-0.4, -0.2) is 25.2 Å². The third-order valence-corrected chi connectivity index (χ3v) is 3.09. The Morgan fingerprint density at radius 1 is 1.59 bits per heavy atom. The minimum absolute atomic E-state index is 0.0404. The van der Waals surface area contributed by atoms with Gasteiger partial charge in [0.15, 0.2) is 0 Å². The Morgan fingerprint density at radius 3 is 3.12 bits per heavy atom. The molecule has 1 fully saturated rings. The molecule has 0 aliphatic heterocycles. The molecule has 1 N–H and O–H groups in total. The van der Waals surface area contributed by atoms with Gasteiger partial charge < -0.3 is 10.1 Å². The molecule has 0 radical (unpaired) electrons. The molecule has 2 rings (SSSR count). The molecule has 17 heavy (non-hydrogen) atoms. The maximum Gasteiger partial charge on any atom is 0.246 e. The lowest BCUT2D eigenvalue weighted by Gasteiger charge is -2.05. The van der Waals surface area contributed by atoms with E-state index >= 15 is 0 Å². The number of rotatable bonds is 5. The lowest BCUT2D eigenvalue weighted by atomic mass is 10.1. The Hall–Kier alpha value is -1.06. The molecule has 1 aliphatic rings. The standard InChI is InChI=1S/C13H16ClNO2/c1-2-17-8-13(16)15-12-7-11(12)9-4-3-5-10(14)6-9/h3-6,11-12H,2,7-8H2,1H3,(H,15,16)/t11-,12+/m0/s1. The zero-order valence-electron chi connectivity index (χ0n) is 9.78. The highest BCUT2D eigenvalue weighted by Gasteiger charge is 2.39. The third kappa shape index (κ3) is 3.45. The van der Waals surface area contributed by atoms with Crippen LogP contribution in [0.15, 0.2) is 24.3 Å². The van der Waals surface area contributed by atoms with E-state index in [1.165, 1.54) is 5.56 Å². The summed E-state index contributed by atoms with van der Waals surface area (Å²) < 4.78 is 5.05. The quantitative estimate of drug-likeness (QED) is 0.875. The van der Waals surface area contributed by atoms with Crippen molar-refractivity contribution in [1.82, 2.24) is 5.32 Å². The summed E-state index contributed by atoms with van der Waals surface area (Å²) in [5, 5.41) is 3.69. The second kappa shape index (κ2) is 5.52. The van der Waals surface area contributed by atoms with Crippen molar-refractivity contribution < 1.29 is 9.53 Å². The highest BCUT2D eigenvalue weighted by atomic mass is 35.5. The highest BCUT2D eigenvalue weighted by Crippen LogP contribution is 2.41. The van der Waals surface area contributed by atoms with E-state index in [4.69, 9.17) is 16.3 Å². The summed E-state index contributed by atoms with van der Waals surface area (Å²) in [5.74, 6) is 0.362. The number of ether oxygens (including phenoxy) is 1. The van der Waals surface area contributed by atoms with Crippen molar-refractivity contribution in [1.29, 1.82) is 0 Å². The highest BCUT2D eigenvalue weighted by molar-refractivity contribution is 6.30. The van der Waals surface area contributed by atoms with E-state index < -0.39 is 0 Å². The van der Waals surface area contributed by atoms with Gasteiger partial charge in [0.25, 0.3) is 0 Å². The molecule has 0 saturated heterocycles. The largest absolute Gasteiger partial charge is 0.372 e. The molecule has 0 unspecified atom stereocenters. The minimum atomic E-state index is -0.0404. The van der Waals surface area contributed by atoms with Crippen LogP contribution < -0.4 is 5.32 Å². The van der Waals surface area contributed by atoms with E-state index in [1.54, 1.807) is 0 Å². The molecule has 1 aromatic carbocycles. The van der Waals surface area contributed by atoms with Crippen LogP contribution >= 0.6 is 11.6 Å². The number of carbonyl (C=O) groups excluding carboxylic acids is 1. The predicted octanol–water partition coefficient (Wildman–Crippen LogP) is 2.35. The lowest BCUT2D eigenvalue weighted by molar-refractivity contribution is -0.125. The molecule has 1 amide bonds. The van der Waals surface area contributed by atoms with Gasteiger partial charge >= 0.3 is 0 Å². The van der Waals surface area contributed by atoms with Gasteiger partial charge in [0.05, 0.1) is 0 Å². The Kier molecular flexibility index (Phi) is 4.02. The first kappa shape index (κ1) is 12.4. The third-order valence-electron chi connectivity index (χ3n) is 2.85. The maximum atomic E-state index is 11.4. The van der Waals surface area contributed by atoms with Crippen molar-refractivity contribution in [2.75, 3.05) is 13.2 Å². The van der Waals surface area contributed by atoms with Crippen LogP contribution in [0, 0.1) is 0 Å². The number of benzene rings is 1. The zero-order valence-corrected chi connectivity index (χ0v) is 10.5. The molecule has 1 aliphatic carbocycles. The van der Waals surface area contributed by atoms with Crippen LogP contribution in [0.1, 0.15) is 24.8 Å². The summed E-state index contributed by atoms with van der Waals surface area (Å²) in [6, 6.07) is 8.04. The second-order valence-corrected chi connectivity index (χ2v) is 4.64. The number of hydrogen-bond donors (Lipinski definition) is 1. The van der Waals surface area contributed by atoms with Gasteiger partial charge in [0, 0.05) is 23.6 Å². The number of carbonyl (C=O) groups is 1. The molecule has 4 heteroatoms. The number of nitrogens with one attached hydrogen (secondary N) is 1. The molecule has 2 atom stereocenters. The molecule has 1 saturated carbocycles. The van der Waals surface area contributed by atoms with Gasteiger partial charge in [-0.15, -0.1) is 0 Å². The molecule has 0 aromatic heterocycles. The van der Waals surface area contributed by atoms with Crippen LogP contribution in [0.3, 0.4) is 0 Å². The van der Waals surface area contributed by atoms with Gasteiger partial charge in [0.2, 0.25) is 5.91 Å². The van der Waals surface area contributed by atoms with E-state index in [0.717, 1.165) is 11.4 Å². The zero-order chi connectivity index (χ0) is 12.3. The SMILES string of the molecule is CCOCC(=O)N[C@@H]1C[C@H]1c1cccc(Cl)c1. The first-order valence-corrected chi connectivity index (χ1v) is 6.21. The number of halogens is 1. The summed E-state index contributed by atoms with van der Waals surface area (Å²) in [4.78, 5) is 11.4. The fourth-order valence-corrected chi connectivity index (χ4v) is 2.10. The van der Waals surface area contributed by atoms with Crippen molar-refractivity contribution in [3.8, 4) is 0 Å². The normalized spacial score (nSPS) is 22.2. The molecule has 92 valence electrons. The van der Waals surface area contributed by atoms with Crippen molar-refractivity contribution in [2.45, 2.75) is 25.3 Å². The summed E-state index contributed by atoms with van der Waals surface area (Å²) in [5.41, 5.74) is 1.19. The Morgan fingerprint density at radius 2 is 2.41 bits per heavy atom. The predicted molar refractivity (Wildman–Crippen MR) is 67.2 cm³/mol. The maximum absolute atomic E-state index is 11.4. The first-order chi connectivity index (χ1) is 8.20. The average molecular weight is 254 g/mol. The second-order valence-electron chi connectivity index (χ2n) is 4.21. The van der Waals surface area contributed by atoms with E-state index in [-0.39, 0.29) is 18.6 Å². The van der Waals surface area contributed by atoms with Gasteiger partial charge in [-0.3, -0.25) is 4.79 Å². The van der Waals surface area contributed by atoms with Crippen LogP contribution in [0.4, 0.5) is 0 Å². The Labute approximate surface area is 106 Å². The fraction of sp³-hybridized carbons (Fsp3) is 0.462. The van der Waals surface area contributed by atoms with Crippen molar-refractivity contribution >= 4 is 17.5 Å². The number of hydrogen-bond acceptors (Lipinski definition) is 2. The fourth-order valence-electron chi connectivity index (χ4n) is 1.90. The van der Waals surface area contributed by atoms with Crippen LogP contribution in [0.25, 0.3) is 0 Å². The smallest absolute Gasteiger partial charge is 0.246 e. The Bertz CT molecular complexity index is 408. The molecule has 3 nitrogen and oxygen atoms in total. The Balaban J connectivity index is 1.82. The van der Waals surface area contributed by atoms with E-state index in [1.807, 2.05) is 31.2 Å². The van der Waals surface area contributed by atoms with Gasteiger partial charge in [-0.1, -0.05) is 23.7 Å². The van der Waals surface area contributed by atoms with Crippen LogP contribution in [-0.2, 0) is 9.53 Å². The molecule has 0 bridgehead atoms. The first-order valence-electron chi connectivity index (χ1n) is 5.83. The van der Waals surface area contributed by atoms with E-state index in [2.05, 4.69) is 5.32 Å². The van der Waals surface area contributed by atoms with Crippen molar-refractivity contribution in [3.63, 3.8) is 0 Å². The minimum Gasteiger partial charge on any atom is -0.372 e. The van der Waals surface area contributed by atoms with Gasteiger partial charge in [0.1, 0.15) is 6.61 Å². The summed E-state index contributed by atoms with van der Waals surface area (Å²) in [6.07, 6.45) is 0.984. The molecule has 1 aromatic rings. The molecular formula is C13H16ClNO2. The number of amides is 1. The summed E-state index contributed by atoms with van der Waals surface area (Å²) >= 11 is 5.93. The van der Waals surface area contributed by atoms with Crippen LogP contribution in [0.2, 0.25) is 5.02 Å². The van der Waals surface area contributed by atoms with Crippen LogP contribution in [0.5, 0.6) is 0 Å². The summed E-state index contributed by atoms with van der Waals surface area (Å²) in [6.45, 7) is 2.59. The average Bonchev–Trinajstić information content (AvgIpc) is 3.05. The lowest BCUT2D eigenvalue weighted by Crippen LogP contribution is -2.30. The summed E-state index contributed by atoms with van der Waals surface area (Å²) in [7, 11) is 0. The van der Waals surface area contributed by atoms with E-state index in [0.29, 0.717) is 12.5 Å². The van der Waals surface area contributed by atoms with Gasteiger partial charge in [-0.05, 0) is 31.0 Å². The van der Waals surface area contributed by atoms with Crippen molar-refractivity contribution in [2.24, 2.45) is 0 Å².